The first-order valence-corrected chi connectivity index (χ1v) is 9.71. The molecule has 0 unspecified atom stereocenters. The van der Waals surface area contributed by atoms with Gasteiger partial charge in [0.15, 0.2) is 0 Å². The van der Waals surface area contributed by atoms with Crippen LogP contribution < -0.4 is 0 Å². The van der Waals surface area contributed by atoms with E-state index in [0.717, 1.165) is 32.4 Å². The first-order valence-electron chi connectivity index (χ1n) is 9.71. The minimum atomic E-state index is -0.220. The number of aliphatic hydroxyl groups excluding tert-OH is 1. The number of hydrogen-bond donors (Lipinski definition) is 1. The zero-order valence-electron chi connectivity index (χ0n) is 15.5. The number of hydrogen-bond acceptors (Lipinski definition) is 2. The molecule has 1 fully saturated rings. The summed E-state index contributed by atoms with van der Waals surface area (Å²) in [4.78, 5) is 2.49. The third kappa shape index (κ3) is 3.55. The van der Waals surface area contributed by atoms with Crippen molar-refractivity contribution in [3.63, 3.8) is 0 Å². The highest BCUT2D eigenvalue weighted by atomic mass is 16.3. The van der Waals surface area contributed by atoms with Crippen molar-refractivity contribution in [1.82, 2.24) is 9.47 Å². The van der Waals surface area contributed by atoms with Crippen molar-refractivity contribution < 1.29 is 5.11 Å². The Hall–Kier alpha value is -2.10. The van der Waals surface area contributed by atoms with Gasteiger partial charge in [-0.05, 0) is 30.0 Å². The van der Waals surface area contributed by atoms with E-state index in [4.69, 9.17) is 0 Å². The number of aryl methyl sites for hydroxylation is 1. The fourth-order valence-electron chi connectivity index (χ4n) is 4.40. The molecule has 2 aromatic carbocycles. The van der Waals surface area contributed by atoms with E-state index in [-0.39, 0.29) is 12.1 Å². The van der Waals surface area contributed by atoms with Gasteiger partial charge < -0.3 is 9.67 Å². The van der Waals surface area contributed by atoms with E-state index in [2.05, 4.69) is 77.3 Å². The maximum absolute atomic E-state index is 10.7. The van der Waals surface area contributed by atoms with E-state index >= 15 is 0 Å². The van der Waals surface area contributed by atoms with Gasteiger partial charge in [-0.2, -0.15) is 0 Å². The fourth-order valence-corrected chi connectivity index (χ4v) is 4.40. The predicted octanol–water partition coefficient (Wildman–Crippen LogP) is 4.48. The quantitative estimate of drug-likeness (QED) is 0.736. The summed E-state index contributed by atoms with van der Waals surface area (Å²) in [6.07, 6.45) is 6.39. The van der Waals surface area contributed by atoms with Crippen LogP contribution in [0.5, 0.6) is 0 Å². The van der Waals surface area contributed by atoms with Crippen molar-refractivity contribution in [3.05, 3.63) is 71.9 Å². The van der Waals surface area contributed by atoms with Gasteiger partial charge in [0.1, 0.15) is 0 Å². The summed E-state index contributed by atoms with van der Waals surface area (Å²) in [7, 11) is 2.11. The standard InChI is InChI=1S/C23H28N2O/c1-24-16-19(20-11-5-6-12-21(20)24)17-25(15-18-9-3-2-4-10-18)22-13-7-8-14-23(22)26/h2-6,9-12,16,22-23,26H,7-8,13-15,17H2,1H3/t22-,23+/m0/s1. The van der Waals surface area contributed by atoms with Crippen molar-refractivity contribution in [3.8, 4) is 0 Å². The molecule has 0 radical (unpaired) electrons. The zero-order chi connectivity index (χ0) is 17.9. The van der Waals surface area contributed by atoms with Gasteiger partial charge in [-0.15, -0.1) is 0 Å². The summed E-state index contributed by atoms with van der Waals surface area (Å²) in [6.45, 7) is 1.75. The van der Waals surface area contributed by atoms with E-state index in [9.17, 15) is 5.11 Å². The van der Waals surface area contributed by atoms with E-state index in [1.807, 2.05) is 0 Å². The van der Waals surface area contributed by atoms with Crippen LogP contribution in [-0.4, -0.2) is 26.7 Å². The second-order valence-electron chi connectivity index (χ2n) is 7.59. The Bertz CT molecular complexity index is 855. The summed E-state index contributed by atoms with van der Waals surface area (Å²) in [6, 6.07) is 19.5. The second-order valence-corrected chi connectivity index (χ2v) is 7.59. The molecule has 1 N–H and O–H groups in total. The highest BCUT2D eigenvalue weighted by molar-refractivity contribution is 5.83. The lowest BCUT2D eigenvalue weighted by molar-refractivity contribution is 0.0116. The number of aliphatic hydroxyl groups is 1. The van der Waals surface area contributed by atoms with Gasteiger partial charge in [0.2, 0.25) is 0 Å². The summed E-state index contributed by atoms with van der Waals surface area (Å²) >= 11 is 0. The van der Waals surface area contributed by atoms with Crippen LogP contribution in [0.4, 0.5) is 0 Å². The Morgan fingerprint density at radius 2 is 1.69 bits per heavy atom. The maximum Gasteiger partial charge on any atom is 0.0695 e. The molecule has 1 saturated carbocycles. The lowest BCUT2D eigenvalue weighted by Crippen LogP contribution is -2.44. The Morgan fingerprint density at radius 3 is 2.50 bits per heavy atom. The fraction of sp³-hybridized carbons (Fsp3) is 0.391. The van der Waals surface area contributed by atoms with Crippen molar-refractivity contribution in [1.29, 1.82) is 0 Å². The molecular formula is C23H28N2O. The second kappa shape index (κ2) is 7.65. The highest BCUT2D eigenvalue weighted by Gasteiger charge is 2.29. The monoisotopic (exact) mass is 348 g/mol. The van der Waals surface area contributed by atoms with Crippen LogP contribution >= 0.6 is 0 Å². The Kier molecular flexibility index (Phi) is 5.09. The molecule has 0 bridgehead atoms. The molecule has 1 heterocycles. The summed E-state index contributed by atoms with van der Waals surface area (Å²) in [5.74, 6) is 0. The minimum Gasteiger partial charge on any atom is -0.391 e. The minimum absolute atomic E-state index is 0.220. The number of rotatable bonds is 5. The number of benzene rings is 2. The van der Waals surface area contributed by atoms with Crippen molar-refractivity contribution >= 4 is 10.9 Å². The van der Waals surface area contributed by atoms with Crippen LogP contribution in [0.15, 0.2) is 60.8 Å². The van der Waals surface area contributed by atoms with Gasteiger partial charge in [-0.3, -0.25) is 4.90 Å². The number of fused-ring (bicyclic) bond motifs is 1. The van der Waals surface area contributed by atoms with Gasteiger partial charge >= 0.3 is 0 Å². The van der Waals surface area contributed by atoms with E-state index in [0.29, 0.717) is 0 Å². The van der Waals surface area contributed by atoms with Crippen LogP contribution in [0.3, 0.4) is 0 Å². The van der Waals surface area contributed by atoms with Gasteiger partial charge in [-0.25, -0.2) is 0 Å². The summed E-state index contributed by atoms with van der Waals surface area (Å²) in [5.41, 5.74) is 3.92. The van der Waals surface area contributed by atoms with Gasteiger partial charge in [-0.1, -0.05) is 61.4 Å². The molecule has 1 aliphatic carbocycles. The lowest BCUT2D eigenvalue weighted by Gasteiger charge is -2.37. The van der Waals surface area contributed by atoms with E-state index in [1.165, 1.54) is 28.5 Å². The molecule has 3 heteroatoms. The molecule has 3 nitrogen and oxygen atoms in total. The molecule has 4 rings (SSSR count). The first kappa shape index (κ1) is 17.3. The summed E-state index contributed by atoms with van der Waals surface area (Å²) in [5, 5.41) is 12.0. The van der Waals surface area contributed by atoms with Crippen LogP contribution in [0, 0.1) is 0 Å². The highest BCUT2D eigenvalue weighted by Crippen LogP contribution is 2.28. The average molecular weight is 348 g/mol. The largest absolute Gasteiger partial charge is 0.391 e. The molecular weight excluding hydrogens is 320 g/mol. The molecule has 2 atom stereocenters. The molecule has 0 spiro atoms. The van der Waals surface area contributed by atoms with Crippen LogP contribution in [0.2, 0.25) is 0 Å². The van der Waals surface area contributed by atoms with E-state index < -0.39 is 0 Å². The molecule has 1 aromatic heterocycles. The smallest absolute Gasteiger partial charge is 0.0695 e. The number of nitrogens with zero attached hydrogens (tertiary/aromatic N) is 2. The molecule has 136 valence electrons. The third-order valence-electron chi connectivity index (χ3n) is 5.74. The van der Waals surface area contributed by atoms with Crippen LogP contribution in [0.25, 0.3) is 10.9 Å². The first-order chi connectivity index (χ1) is 12.7. The Balaban J connectivity index is 1.65. The van der Waals surface area contributed by atoms with Crippen molar-refractivity contribution in [2.75, 3.05) is 0 Å². The van der Waals surface area contributed by atoms with Gasteiger partial charge in [0.05, 0.1) is 6.10 Å². The maximum atomic E-state index is 10.7. The third-order valence-corrected chi connectivity index (χ3v) is 5.74. The molecule has 0 aliphatic heterocycles. The number of aromatic nitrogens is 1. The van der Waals surface area contributed by atoms with Crippen molar-refractivity contribution in [2.45, 2.75) is 50.9 Å². The predicted molar refractivity (Wildman–Crippen MR) is 107 cm³/mol. The summed E-state index contributed by atoms with van der Waals surface area (Å²) < 4.78 is 2.21. The molecule has 0 amide bonds. The molecule has 1 aliphatic rings. The zero-order valence-corrected chi connectivity index (χ0v) is 15.5. The normalized spacial score (nSPS) is 20.7. The topological polar surface area (TPSA) is 28.4 Å². The van der Waals surface area contributed by atoms with Crippen molar-refractivity contribution in [2.24, 2.45) is 7.05 Å². The lowest BCUT2D eigenvalue weighted by atomic mass is 9.90. The van der Waals surface area contributed by atoms with Crippen LogP contribution in [0.1, 0.15) is 36.8 Å². The molecule has 3 aromatic rings. The Morgan fingerprint density at radius 1 is 0.962 bits per heavy atom. The van der Waals surface area contributed by atoms with E-state index in [1.54, 1.807) is 0 Å². The van der Waals surface area contributed by atoms with Gasteiger partial charge in [0, 0.05) is 43.3 Å². The van der Waals surface area contributed by atoms with Crippen LogP contribution in [-0.2, 0) is 20.1 Å². The van der Waals surface area contributed by atoms with Gasteiger partial charge in [0.25, 0.3) is 0 Å². The Labute approximate surface area is 155 Å². The number of para-hydroxylation sites is 1. The molecule has 0 saturated heterocycles. The average Bonchev–Trinajstić information content (AvgIpc) is 2.99. The SMILES string of the molecule is Cn1cc(CN(Cc2ccccc2)[C@H]2CCCC[C@H]2O)c2ccccc21. The molecule has 26 heavy (non-hydrogen) atoms.